The Hall–Kier alpha value is -1.09. The minimum absolute atomic E-state index is 0.233. The van der Waals surface area contributed by atoms with E-state index in [-0.39, 0.29) is 5.91 Å². The summed E-state index contributed by atoms with van der Waals surface area (Å²) < 4.78 is 10.2. The molecule has 5 nitrogen and oxygen atoms in total. The number of ether oxygens (including phenoxy) is 2. The van der Waals surface area contributed by atoms with Crippen molar-refractivity contribution >= 4 is 5.91 Å². The Bertz CT molecular complexity index is 282. The lowest BCUT2D eigenvalue weighted by atomic mass is 10.0. The zero-order valence-corrected chi connectivity index (χ0v) is 11.6. The molecule has 0 aliphatic rings. The highest BCUT2D eigenvalue weighted by molar-refractivity contribution is 5.81. The number of amides is 1. The van der Waals surface area contributed by atoms with Crippen LogP contribution >= 0.6 is 0 Å². The third-order valence-corrected chi connectivity index (χ3v) is 2.52. The van der Waals surface area contributed by atoms with Gasteiger partial charge in [0.15, 0.2) is 6.29 Å². The van der Waals surface area contributed by atoms with E-state index in [9.17, 15) is 4.79 Å². The molecule has 0 fully saturated rings. The molecule has 0 saturated carbocycles. The lowest BCUT2D eigenvalue weighted by Gasteiger charge is -2.25. The molecule has 0 aromatic carbocycles. The smallest absolute Gasteiger partial charge is 0.237 e. The van der Waals surface area contributed by atoms with Gasteiger partial charge in [-0.3, -0.25) is 4.79 Å². The lowest BCUT2D eigenvalue weighted by molar-refractivity contribution is -0.138. The van der Waals surface area contributed by atoms with Gasteiger partial charge in [0.25, 0.3) is 0 Å². The van der Waals surface area contributed by atoms with E-state index in [1.807, 2.05) is 13.8 Å². The topological polar surface area (TPSA) is 73.6 Å². The van der Waals surface area contributed by atoms with Crippen LogP contribution in [0.4, 0.5) is 0 Å². The van der Waals surface area contributed by atoms with Gasteiger partial charge in [0, 0.05) is 20.6 Å². The Labute approximate surface area is 109 Å². The first-order valence-corrected chi connectivity index (χ1v) is 6.01. The first-order chi connectivity index (χ1) is 8.46. The molecule has 0 aromatic heterocycles. The average molecular weight is 256 g/mol. The zero-order chi connectivity index (χ0) is 14.1. The van der Waals surface area contributed by atoms with E-state index in [1.165, 1.54) is 14.2 Å². The second-order valence-electron chi connectivity index (χ2n) is 4.60. The highest BCUT2D eigenvalue weighted by atomic mass is 16.7. The van der Waals surface area contributed by atoms with Gasteiger partial charge in [-0.1, -0.05) is 13.8 Å². The van der Waals surface area contributed by atoms with Gasteiger partial charge in [0.1, 0.15) is 0 Å². The van der Waals surface area contributed by atoms with E-state index in [2.05, 4.69) is 11.2 Å². The molecule has 3 N–H and O–H groups in total. The van der Waals surface area contributed by atoms with Gasteiger partial charge < -0.3 is 20.5 Å². The van der Waals surface area contributed by atoms with Crippen LogP contribution in [0.15, 0.2) is 0 Å². The summed E-state index contributed by atoms with van der Waals surface area (Å²) in [6, 6.07) is -0.935. The normalized spacial score (nSPS) is 14.3. The molecule has 0 rings (SSSR count). The van der Waals surface area contributed by atoms with Crippen molar-refractivity contribution in [2.45, 2.75) is 45.1 Å². The van der Waals surface area contributed by atoms with Crippen LogP contribution in [-0.4, -0.2) is 38.5 Å². The van der Waals surface area contributed by atoms with Crippen LogP contribution in [0.3, 0.4) is 0 Å². The highest BCUT2D eigenvalue weighted by Gasteiger charge is 2.24. The number of rotatable bonds is 8. The molecule has 0 bridgehead atoms. The van der Waals surface area contributed by atoms with E-state index in [0.717, 1.165) is 0 Å². The summed E-state index contributed by atoms with van der Waals surface area (Å²) in [6.07, 6.45) is 5.64. The van der Waals surface area contributed by atoms with E-state index in [1.54, 1.807) is 0 Å². The van der Waals surface area contributed by atoms with Crippen LogP contribution < -0.4 is 11.1 Å². The highest BCUT2D eigenvalue weighted by Crippen LogP contribution is 2.07. The Morgan fingerprint density at radius 3 is 2.33 bits per heavy atom. The first kappa shape index (κ1) is 16.9. The van der Waals surface area contributed by atoms with Gasteiger partial charge in [-0.2, -0.15) is 0 Å². The first-order valence-electron chi connectivity index (χ1n) is 6.01. The number of terminal acetylenes is 1. The van der Waals surface area contributed by atoms with Gasteiger partial charge in [-0.05, 0) is 12.3 Å². The standard InChI is InChI=1S/C13H24N2O3/c1-6-7-11(13(17-4)18-5)15-12(16)10(14)8-9(2)3/h1,9-11,13H,7-8,14H2,2-5H3,(H,15,16)/t10?,11-/m0/s1. The molecule has 1 amide bonds. The lowest BCUT2D eigenvalue weighted by Crippen LogP contribution is -2.50. The molecule has 0 heterocycles. The maximum absolute atomic E-state index is 11.9. The number of methoxy groups -OCH3 is 2. The molecular formula is C13H24N2O3. The Morgan fingerprint density at radius 2 is 1.94 bits per heavy atom. The molecule has 2 atom stereocenters. The Morgan fingerprint density at radius 1 is 1.39 bits per heavy atom. The number of carbonyl (C=O) groups excluding carboxylic acids is 1. The van der Waals surface area contributed by atoms with Gasteiger partial charge >= 0.3 is 0 Å². The largest absolute Gasteiger partial charge is 0.354 e. The summed E-state index contributed by atoms with van der Waals surface area (Å²) in [5, 5.41) is 2.77. The summed E-state index contributed by atoms with van der Waals surface area (Å²) in [6.45, 7) is 4.03. The fraction of sp³-hybridized carbons (Fsp3) is 0.769. The van der Waals surface area contributed by atoms with Crippen LogP contribution in [0.5, 0.6) is 0 Å². The van der Waals surface area contributed by atoms with Crippen molar-refractivity contribution in [2.24, 2.45) is 11.7 Å². The molecule has 1 unspecified atom stereocenters. The number of nitrogens with one attached hydrogen (secondary N) is 1. The average Bonchev–Trinajstić information content (AvgIpc) is 2.29. The molecule has 0 saturated heterocycles. The monoisotopic (exact) mass is 256 g/mol. The van der Waals surface area contributed by atoms with E-state index in [0.29, 0.717) is 18.8 Å². The molecule has 5 heteroatoms. The number of nitrogens with two attached hydrogens (primary N) is 1. The Balaban J connectivity index is 4.49. The van der Waals surface area contributed by atoms with Crippen LogP contribution in [0, 0.1) is 18.3 Å². The second-order valence-corrected chi connectivity index (χ2v) is 4.60. The molecule has 18 heavy (non-hydrogen) atoms. The number of carbonyl (C=O) groups is 1. The molecule has 0 radical (unpaired) electrons. The van der Waals surface area contributed by atoms with Crippen molar-refractivity contribution in [1.82, 2.24) is 5.32 Å². The summed E-state index contributed by atoms with van der Waals surface area (Å²) in [5.41, 5.74) is 5.80. The van der Waals surface area contributed by atoms with Crippen molar-refractivity contribution in [2.75, 3.05) is 14.2 Å². The van der Waals surface area contributed by atoms with Crippen molar-refractivity contribution in [1.29, 1.82) is 0 Å². The van der Waals surface area contributed by atoms with Crippen molar-refractivity contribution in [3.63, 3.8) is 0 Å². The van der Waals surface area contributed by atoms with Crippen molar-refractivity contribution in [3.05, 3.63) is 0 Å². The summed E-state index contributed by atoms with van der Waals surface area (Å²) >= 11 is 0. The molecule has 104 valence electrons. The van der Waals surface area contributed by atoms with E-state index < -0.39 is 18.4 Å². The van der Waals surface area contributed by atoms with Crippen LogP contribution in [0.1, 0.15) is 26.7 Å². The van der Waals surface area contributed by atoms with Gasteiger partial charge in [-0.15, -0.1) is 12.3 Å². The van der Waals surface area contributed by atoms with Gasteiger partial charge in [0.05, 0.1) is 12.1 Å². The molecule has 0 aliphatic carbocycles. The third-order valence-electron chi connectivity index (χ3n) is 2.52. The van der Waals surface area contributed by atoms with Gasteiger partial charge in [-0.25, -0.2) is 0 Å². The second kappa shape index (κ2) is 8.92. The number of hydrogen-bond acceptors (Lipinski definition) is 4. The van der Waals surface area contributed by atoms with E-state index >= 15 is 0 Å². The summed E-state index contributed by atoms with van der Waals surface area (Å²) in [5.74, 6) is 2.61. The zero-order valence-electron chi connectivity index (χ0n) is 11.6. The SMILES string of the molecule is C#CC[C@H](NC(=O)C(N)CC(C)C)C(OC)OC. The fourth-order valence-electron chi connectivity index (χ4n) is 1.67. The molecule has 0 aliphatic heterocycles. The Kier molecular flexibility index (Phi) is 8.38. The van der Waals surface area contributed by atoms with E-state index in [4.69, 9.17) is 21.6 Å². The minimum Gasteiger partial charge on any atom is -0.354 e. The van der Waals surface area contributed by atoms with Crippen molar-refractivity contribution in [3.8, 4) is 12.3 Å². The molecular weight excluding hydrogens is 232 g/mol. The maximum Gasteiger partial charge on any atom is 0.237 e. The minimum atomic E-state index is -0.573. The van der Waals surface area contributed by atoms with Crippen LogP contribution in [0.25, 0.3) is 0 Å². The van der Waals surface area contributed by atoms with Crippen LogP contribution in [0.2, 0.25) is 0 Å². The van der Waals surface area contributed by atoms with Gasteiger partial charge in [0.2, 0.25) is 5.91 Å². The maximum atomic E-state index is 11.9. The number of hydrogen-bond donors (Lipinski definition) is 2. The fourth-order valence-corrected chi connectivity index (χ4v) is 1.67. The van der Waals surface area contributed by atoms with Crippen LogP contribution in [-0.2, 0) is 14.3 Å². The van der Waals surface area contributed by atoms with Crippen molar-refractivity contribution < 1.29 is 14.3 Å². The quantitative estimate of drug-likeness (QED) is 0.489. The molecule has 0 aromatic rings. The predicted octanol–water partition coefficient (Wildman–Crippen LogP) is 0.487. The predicted molar refractivity (Wildman–Crippen MR) is 70.6 cm³/mol. The molecule has 0 spiro atoms. The summed E-state index contributed by atoms with van der Waals surface area (Å²) in [7, 11) is 3.00. The summed E-state index contributed by atoms with van der Waals surface area (Å²) in [4.78, 5) is 11.9. The third kappa shape index (κ3) is 6.01.